The average molecular weight is 389 g/mol. The maximum Gasteiger partial charge on any atom is 0.240 e. The molecule has 24 heavy (non-hydrogen) atoms. The zero-order valence-electron chi connectivity index (χ0n) is 14.0. The van der Waals surface area contributed by atoms with Crippen LogP contribution < -0.4 is 4.72 Å². The SMILES string of the molecule is Cc1ccc(Cl)cc1S(=O)(=O)NCC1CCN([C@@H]2CCSC2)CC1. The minimum absolute atomic E-state index is 0.287. The van der Waals surface area contributed by atoms with Gasteiger partial charge in [-0.3, -0.25) is 4.90 Å². The summed E-state index contributed by atoms with van der Waals surface area (Å²) < 4.78 is 27.9. The Balaban J connectivity index is 1.53. The van der Waals surface area contributed by atoms with Crippen molar-refractivity contribution in [1.29, 1.82) is 0 Å². The summed E-state index contributed by atoms with van der Waals surface area (Å²) in [6.45, 7) is 4.49. The van der Waals surface area contributed by atoms with E-state index in [1.165, 1.54) is 24.0 Å². The van der Waals surface area contributed by atoms with Crippen molar-refractivity contribution in [3.8, 4) is 0 Å². The molecule has 2 heterocycles. The number of halogens is 1. The molecule has 1 aromatic rings. The summed E-state index contributed by atoms with van der Waals surface area (Å²) in [4.78, 5) is 2.88. The Morgan fingerprint density at radius 3 is 2.71 bits per heavy atom. The van der Waals surface area contributed by atoms with Gasteiger partial charge in [-0.05, 0) is 68.6 Å². The van der Waals surface area contributed by atoms with E-state index in [0.717, 1.165) is 37.5 Å². The lowest BCUT2D eigenvalue weighted by atomic mass is 9.96. The van der Waals surface area contributed by atoms with Gasteiger partial charge in [0.15, 0.2) is 0 Å². The molecule has 134 valence electrons. The lowest BCUT2D eigenvalue weighted by Gasteiger charge is -2.35. The molecule has 0 bridgehead atoms. The average Bonchev–Trinajstić information content (AvgIpc) is 3.10. The standard InChI is InChI=1S/C17H25ClN2O2S2/c1-13-2-3-15(18)10-17(13)24(21,22)19-11-14-4-7-20(8-5-14)16-6-9-23-12-16/h2-3,10,14,16,19H,4-9,11-12H2,1H3/t16-/m1/s1. The third-order valence-corrected chi connectivity index (χ3v) is 8.02. The number of benzene rings is 1. The van der Waals surface area contributed by atoms with Gasteiger partial charge >= 0.3 is 0 Å². The van der Waals surface area contributed by atoms with Crippen molar-refractivity contribution in [2.45, 2.75) is 37.1 Å². The first-order chi connectivity index (χ1) is 11.5. The van der Waals surface area contributed by atoms with Gasteiger partial charge in [-0.2, -0.15) is 11.8 Å². The van der Waals surface area contributed by atoms with Crippen LogP contribution in [0.2, 0.25) is 5.02 Å². The molecule has 0 amide bonds. The molecule has 2 aliphatic rings. The van der Waals surface area contributed by atoms with Crippen LogP contribution in [0, 0.1) is 12.8 Å². The molecule has 0 radical (unpaired) electrons. The molecule has 0 saturated carbocycles. The Morgan fingerprint density at radius 2 is 2.04 bits per heavy atom. The molecule has 3 rings (SSSR count). The summed E-state index contributed by atoms with van der Waals surface area (Å²) in [5.74, 6) is 2.96. The van der Waals surface area contributed by atoms with Crippen LogP contribution >= 0.6 is 23.4 Å². The highest BCUT2D eigenvalue weighted by atomic mass is 35.5. The van der Waals surface area contributed by atoms with E-state index in [9.17, 15) is 8.42 Å². The van der Waals surface area contributed by atoms with Gasteiger partial charge in [-0.25, -0.2) is 13.1 Å². The van der Waals surface area contributed by atoms with Crippen LogP contribution in [0.4, 0.5) is 0 Å². The minimum atomic E-state index is -3.49. The first kappa shape index (κ1) is 18.5. The molecule has 1 aromatic carbocycles. The van der Waals surface area contributed by atoms with Crippen LogP contribution in [0.25, 0.3) is 0 Å². The number of nitrogens with zero attached hydrogens (tertiary/aromatic N) is 1. The third kappa shape index (κ3) is 4.47. The Morgan fingerprint density at radius 1 is 1.29 bits per heavy atom. The Hall–Kier alpha value is -0.270. The van der Waals surface area contributed by atoms with E-state index in [-0.39, 0.29) is 4.90 Å². The van der Waals surface area contributed by atoms with Crippen LogP contribution in [-0.4, -0.2) is 50.5 Å². The predicted octanol–water partition coefficient (Wildman–Crippen LogP) is 3.14. The Bertz CT molecular complexity index is 667. The summed E-state index contributed by atoms with van der Waals surface area (Å²) in [6.07, 6.45) is 3.44. The van der Waals surface area contributed by atoms with Gasteiger partial charge in [0.05, 0.1) is 4.90 Å². The molecule has 7 heteroatoms. The fourth-order valence-electron chi connectivity index (χ4n) is 3.50. The van der Waals surface area contributed by atoms with Crippen molar-refractivity contribution >= 4 is 33.4 Å². The summed E-state index contributed by atoms with van der Waals surface area (Å²) in [7, 11) is -3.49. The Kier molecular flexibility index (Phi) is 6.14. The zero-order valence-corrected chi connectivity index (χ0v) is 16.4. The highest BCUT2D eigenvalue weighted by Gasteiger charge is 2.28. The number of nitrogens with one attached hydrogen (secondary N) is 1. The molecule has 0 aromatic heterocycles. The summed E-state index contributed by atoms with van der Waals surface area (Å²) in [5, 5.41) is 0.448. The minimum Gasteiger partial charge on any atom is -0.300 e. The van der Waals surface area contributed by atoms with Crippen LogP contribution in [0.3, 0.4) is 0 Å². The highest BCUT2D eigenvalue weighted by molar-refractivity contribution is 7.99. The number of thioether (sulfide) groups is 1. The number of piperidine rings is 1. The fourth-order valence-corrected chi connectivity index (χ4v) is 6.38. The van der Waals surface area contributed by atoms with Gasteiger partial charge in [0.1, 0.15) is 0 Å². The van der Waals surface area contributed by atoms with E-state index in [1.807, 2.05) is 11.8 Å². The van der Waals surface area contributed by atoms with E-state index in [1.54, 1.807) is 19.1 Å². The van der Waals surface area contributed by atoms with Gasteiger partial charge in [-0.15, -0.1) is 0 Å². The van der Waals surface area contributed by atoms with Crippen molar-refractivity contribution in [3.63, 3.8) is 0 Å². The maximum absolute atomic E-state index is 12.5. The molecule has 1 N–H and O–H groups in total. The first-order valence-electron chi connectivity index (χ1n) is 8.53. The largest absolute Gasteiger partial charge is 0.300 e. The van der Waals surface area contributed by atoms with E-state index < -0.39 is 10.0 Å². The molecule has 0 aliphatic carbocycles. The molecule has 2 saturated heterocycles. The monoisotopic (exact) mass is 388 g/mol. The molecular formula is C17H25ClN2O2S2. The van der Waals surface area contributed by atoms with E-state index in [4.69, 9.17) is 11.6 Å². The third-order valence-electron chi connectivity index (χ3n) is 5.07. The molecule has 0 spiro atoms. The molecule has 0 unspecified atom stereocenters. The summed E-state index contributed by atoms with van der Waals surface area (Å²) in [5.41, 5.74) is 0.723. The second-order valence-electron chi connectivity index (χ2n) is 6.76. The molecular weight excluding hydrogens is 364 g/mol. The van der Waals surface area contributed by atoms with Crippen molar-refractivity contribution in [3.05, 3.63) is 28.8 Å². The van der Waals surface area contributed by atoms with Crippen molar-refractivity contribution in [2.24, 2.45) is 5.92 Å². The first-order valence-corrected chi connectivity index (χ1v) is 11.5. The van der Waals surface area contributed by atoms with Crippen LogP contribution in [0.5, 0.6) is 0 Å². The summed E-state index contributed by atoms with van der Waals surface area (Å²) >= 11 is 8.00. The second-order valence-corrected chi connectivity index (χ2v) is 10.1. The van der Waals surface area contributed by atoms with Gasteiger partial charge in [0.25, 0.3) is 0 Å². The number of sulfonamides is 1. The fraction of sp³-hybridized carbons (Fsp3) is 0.647. The number of hydrogen-bond donors (Lipinski definition) is 1. The maximum atomic E-state index is 12.5. The topological polar surface area (TPSA) is 49.4 Å². The van der Waals surface area contributed by atoms with Crippen LogP contribution in [-0.2, 0) is 10.0 Å². The van der Waals surface area contributed by atoms with E-state index in [0.29, 0.717) is 17.5 Å². The zero-order chi connectivity index (χ0) is 17.2. The van der Waals surface area contributed by atoms with Gasteiger partial charge in [-0.1, -0.05) is 17.7 Å². The van der Waals surface area contributed by atoms with Gasteiger partial charge < -0.3 is 0 Å². The van der Waals surface area contributed by atoms with Crippen LogP contribution in [0.1, 0.15) is 24.8 Å². The lowest BCUT2D eigenvalue weighted by Crippen LogP contribution is -2.43. The van der Waals surface area contributed by atoms with E-state index in [2.05, 4.69) is 9.62 Å². The smallest absolute Gasteiger partial charge is 0.240 e. The van der Waals surface area contributed by atoms with Crippen molar-refractivity contribution < 1.29 is 8.42 Å². The number of aryl methyl sites for hydroxylation is 1. The Labute approximate surface area is 154 Å². The number of rotatable bonds is 5. The molecule has 2 fully saturated rings. The van der Waals surface area contributed by atoms with Crippen molar-refractivity contribution in [1.82, 2.24) is 9.62 Å². The van der Waals surface area contributed by atoms with Crippen molar-refractivity contribution in [2.75, 3.05) is 31.1 Å². The van der Waals surface area contributed by atoms with Gasteiger partial charge in [0, 0.05) is 23.4 Å². The lowest BCUT2D eigenvalue weighted by molar-refractivity contribution is 0.145. The normalized spacial score (nSPS) is 23.7. The van der Waals surface area contributed by atoms with Crippen LogP contribution in [0.15, 0.2) is 23.1 Å². The number of hydrogen-bond acceptors (Lipinski definition) is 4. The second kappa shape index (κ2) is 7.96. The molecule has 4 nitrogen and oxygen atoms in total. The molecule has 1 atom stereocenters. The van der Waals surface area contributed by atoms with Gasteiger partial charge in [0.2, 0.25) is 10.0 Å². The summed E-state index contributed by atoms with van der Waals surface area (Å²) in [6, 6.07) is 5.73. The highest BCUT2D eigenvalue weighted by Crippen LogP contribution is 2.27. The molecule has 2 aliphatic heterocycles. The predicted molar refractivity (Wildman–Crippen MR) is 101 cm³/mol. The van der Waals surface area contributed by atoms with E-state index >= 15 is 0 Å². The number of likely N-dealkylation sites (tertiary alicyclic amines) is 1. The quantitative estimate of drug-likeness (QED) is 0.841.